The minimum Gasteiger partial charge on any atom is -0.381 e. The number of hydrogen-bond acceptors (Lipinski definition) is 5. The molecule has 0 aromatic rings. The number of guanidine groups is 1. The molecule has 3 fully saturated rings. The third-order valence-corrected chi connectivity index (χ3v) is 9.06. The number of aliphatic imine (C=N–C) groups is 1. The van der Waals surface area contributed by atoms with Gasteiger partial charge in [-0.05, 0) is 52.0 Å². The van der Waals surface area contributed by atoms with Crippen LogP contribution in [0.15, 0.2) is 4.99 Å². The highest BCUT2D eigenvalue weighted by atomic mass is 32.2. The second-order valence-corrected chi connectivity index (χ2v) is 11.4. The topological polar surface area (TPSA) is 83.0 Å². The first-order valence-electron chi connectivity index (χ1n) is 11.5. The first-order chi connectivity index (χ1) is 13.9. The minimum atomic E-state index is -3.21. The van der Waals surface area contributed by atoms with E-state index in [1.54, 1.807) is 0 Å². The van der Waals surface area contributed by atoms with Gasteiger partial charge in [-0.25, -0.2) is 8.42 Å². The molecule has 1 saturated carbocycles. The average Bonchev–Trinajstić information content (AvgIpc) is 2.73. The molecule has 0 amide bonds. The number of sulfone groups is 1. The van der Waals surface area contributed by atoms with Gasteiger partial charge in [0.15, 0.2) is 15.8 Å². The van der Waals surface area contributed by atoms with E-state index in [4.69, 9.17) is 9.73 Å². The second kappa shape index (κ2) is 10.4. The lowest BCUT2D eigenvalue weighted by atomic mass is 9.92. The summed E-state index contributed by atoms with van der Waals surface area (Å²) >= 11 is 0. The lowest BCUT2D eigenvalue weighted by molar-refractivity contribution is 0.0767. The Labute approximate surface area is 177 Å². The number of nitrogens with zero attached hydrogens (tertiary/aromatic N) is 2. The number of hydrogen-bond donors (Lipinski definition) is 2. The zero-order valence-corrected chi connectivity index (χ0v) is 19.1. The number of nitrogens with one attached hydrogen (secondary N) is 2. The van der Waals surface area contributed by atoms with E-state index in [2.05, 4.69) is 15.5 Å². The molecule has 3 aliphatic rings. The van der Waals surface area contributed by atoms with Crippen molar-refractivity contribution in [1.82, 2.24) is 15.5 Å². The van der Waals surface area contributed by atoms with Crippen molar-refractivity contribution in [3.05, 3.63) is 0 Å². The van der Waals surface area contributed by atoms with E-state index in [9.17, 15) is 8.42 Å². The van der Waals surface area contributed by atoms with Crippen LogP contribution < -0.4 is 10.6 Å². The Morgan fingerprint density at radius 1 is 1.14 bits per heavy atom. The predicted octanol–water partition coefficient (Wildman–Crippen LogP) is 1.93. The summed E-state index contributed by atoms with van der Waals surface area (Å²) in [5.41, 5.74) is 0. The molecule has 2 heterocycles. The van der Waals surface area contributed by atoms with Gasteiger partial charge in [0.05, 0.1) is 11.3 Å². The molecule has 29 heavy (non-hydrogen) atoms. The van der Waals surface area contributed by atoms with Crippen LogP contribution in [0.25, 0.3) is 0 Å². The lowest BCUT2D eigenvalue weighted by Gasteiger charge is -2.40. The van der Waals surface area contributed by atoms with Crippen LogP contribution in [0.5, 0.6) is 0 Å². The highest BCUT2D eigenvalue weighted by Gasteiger charge is 2.42. The maximum atomic E-state index is 12.5. The van der Waals surface area contributed by atoms with Crippen LogP contribution in [0.1, 0.15) is 64.7 Å². The van der Waals surface area contributed by atoms with Crippen molar-refractivity contribution in [2.45, 2.75) is 81.5 Å². The van der Waals surface area contributed by atoms with Gasteiger partial charge in [-0.15, -0.1) is 0 Å². The summed E-state index contributed by atoms with van der Waals surface area (Å²) in [6.07, 6.45) is 11.5. The first kappa shape index (κ1) is 22.8. The van der Waals surface area contributed by atoms with E-state index < -0.39 is 14.6 Å². The van der Waals surface area contributed by atoms with Crippen molar-refractivity contribution >= 4 is 15.8 Å². The van der Waals surface area contributed by atoms with E-state index in [0.29, 0.717) is 38.6 Å². The molecule has 2 saturated heterocycles. The molecule has 1 aliphatic carbocycles. The van der Waals surface area contributed by atoms with Gasteiger partial charge in [0.1, 0.15) is 0 Å². The van der Waals surface area contributed by atoms with Gasteiger partial charge in [-0.2, -0.15) is 0 Å². The zero-order chi connectivity index (χ0) is 20.7. The van der Waals surface area contributed by atoms with Crippen molar-refractivity contribution in [2.24, 2.45) is 4.99 Å². The van der Waals surface area contributed by atoms with E-state index in [1.165, 1.54) is 51.3 Å². The van der Waals surface area contributed by atoms with Crippen molar-refractivity contribution in [2.75, 3.05) is 45.6 Å². The third-order valence-electron chi connectivity index (χ3n) is 6.94. The quantitative estimate of drug-likeness (QED) is 0.497. The Hall–Kier alpha value is -0.860. The maximum Gasteiger partial charge on any atom is 0.191 e. The number of likely N-dealkylation sites (tertiary alicyclic amines) is 1. The fourth-order valence-electron chi connectivity index (χ4n) is 5.03. The van der Waals surface area contributed by atoms with Crippen LogP contribution in [-0.4, -0.2) is 81.8 Å². The molecular weight excluding hydrogens is 388 g/mol. The van der Waals surface area contributed by atoms with Gasteiger partial charge in [0.2, 0.25) is 0 Å². The SMILES string of the molecule is CCNC(=NCC1(S(C)(=O)=O)CCOCC1)NC1CCCN(C2CCCCC2)C1. The van der Waals surface area contributed by atoms with Crippen LogP contribution in [0, 0.1) is 0 Å². The molecule has 1 atom stereocenters. The van der Waals surface area contributed by atoms with Gasteiger partial charge in [0, 0.05) is 44.6 Å². The van der Waals surface area contributed by atoms with Crippen LogP contribution in [0.2, 0.25) is 0 Å². The van der Waals surface area contributed by atoms with Crippen LogP contribution in [0.4, 0.5) is 0 Å². The Bertz CT molecular complexity index is 640. The van der Waals surface area contributed by atoms with Crippen LogP contribution in [-0.2, 0) is 14.6 Å². The van der Waals surface area contributed by atoms with E-state index in [-0.39, 0.29) is 0 Å². The lowest BCUT2D eigenvalue weighted by Crippen LogP contribution is -2.54. The van der Waals surface area contributed by atoms with Crippen LogP contribution >= 0.6 is 0 Å². The summed E-state index contributed by atoms with van der Waals surface area (Å²) in [6.45, 7) is 6.35. The Balaban J connectivity index is 1.63. The number of rotatable bonds is 6. The molecule has 0 bridgehead atoms. The Morgan fingerprint density at radius 3 is 2.52 bits per heavy atom. The summed E-state index contributed by atoms with van der Waals surface area (Å²) in [7, 11) is -3.21. The van der Waals surface area contributed by atoms with Gasteiger partial charge < -0.3 is 15.4 Å². The molecule has 8 heteroatoms. The molecule has 0 aromatic heterocycles. The van der Waals surface area contributed by atoms with Gasteiger partial charge in [-0.3, -0.25) is 9.89 Å². The highest BCUT2D eigenvalue weighted by molar-refractivity contribution is 7.92. The van der Waals surface area contributed by atoms with E-state index >= 15 is 0 Å². The molecule has 1 unspecified atom stereocenters. The minimum absolute atomic E-state index is 0.295. The molecule has 2 N–H and O–H groups in total. The summed E-state index contributed by atoms with van der Waals surface area (Å²) in [5.74, 6) is 0.748. The molecule has 2 aliphatic heterocycles. The predicted molar refractivity (Wildman–Crippen MR) is 118 cm³/mol. The van der Waals surface area contributed by atoms with E-state index in [0.717, 1.165) is 31.5 Å². The van der Waals surface area contributed by atoms with Crippen LogP contribution in [0.3, 0.4) is 0 Å². The summed E-state index contributed by atoms with van der Waals surface area (Å²) in [5, 5.41) is 6.93. The summed E-state index contributed by atoms with van der Waals surface area (Å²) in [6, 6.07) is 1.11. The largest absolute Gasteiger partial charge is 0.381 e. The average molecular weight is 429 g/mol. The standard InChI is InChI=1S/C21H40N4O3S/c1-3-22-20(23-17-21(29(2,26)27)11-14-28-15-12-21)24-18-8-7-13-25(16-18)19-9-5-4-6-10-19/h18-19H,3-17H2,1-2H3,(H2,22,23,24). The first-order valence-corrected chi connectivity index (χ1v) is 13.4. The summed E-state index contributed by atoms with van der Waals surface area (Å²) < 4.78 is 29.6. The van der Waals surface area contributed by atoms with Crippen molar-refractivity contribution in [3.8, 4) is 0 Å². The molecule has 168 valence electrons. The third kappa shape index (κ3) is 6.07. The van der Waals surface area contributed by atoms with Crippen molar-refractivity contribution in [1.29, 1.82) is 0 Å². The van der Waals surface area contributed by atoms with Gasteiger partial charge in [0.25, 0.3) is 0 Å². The molecule has 0 spiro atoms. The second-order valence-electron chi connectivity index (χ2n) is 9.03. The number of ether oxygens (including phenoxy) is 1. The number of piperidine rings is 1. The van der Waals surface area contributed by atoms with Gasteiger partial charge in [-0.1, -0.05) is 19.3 Å². The van der Waals surface area contributed by atoms with Gasteiger partial charge >= 0.3 is 0 Å². The van der Waals surface area contributed by atoms with Crippen molar-refractivity contribution < 1.29 is 13.2 Å². The monoisotopic (exact) mass is 428 g/mol. The highest BCUT2D eigenvalue weighted by Crippen LogP contribution is 2.30. The molecular formula is C21H40N4O3S. The molecule has 7 nitrogen and oxygen atoms in total. The van der Waals surface area contributed by atoms with E-state index in [1.807, 2.05) is 6.92 Å². The maximum absolute atomic E-state index is 12.5. The Morgan fingerprint density at radius 2 is 1.86 bits per heavy atom. The Kier molecular flexibility index (Phi) is 8.22. The zero-order valence-electron chi connectivity index (χ0n) is 18.3. The molecule has 0 radical (unpaired) electrons. The fourth-order valence-corrected chi connectivity index (χ4v) is 6.24. The normalized spacial score (nSPS) is 27.5. The van der Waals surface area contributed by atoms with Crippen molar-refractivity contribution in [3.63, 3.8) is 0 Å². The summed E-state index contributed by atoms with van der Waals surface area (Å²) in [4.78, 5) is 7.42. The fraction of sp³-hybridized carbons (Fsp3) is 0.952. The smallest absolute Gasteiger partial charge is 0.191 e. The molecule has 3 rings (SSSR count). The molecule has 0 aromatic carbocycles.